The van der Waals surface area contributed by atoms with Crippen LogP contribution in [0.15, 0.2) is 47.4 Å². The number of nitrogens with one attached hydrogen (secondary N) is 2. The van der Waals surface area contributed by atoms with Gasteiger partial charge >= 0.3 is 18.4 Å². The number of alkyl halides is 6. The molecule has 29 heavy (non-hydrogen) atoms. The first-order chi connectivity index (χ1) is 13.2. The quantitative estimate of drug-likeness (QED) is 0.635. The molecule has 0 saturated heterocycles. The Morgan fingerprint density at radius 1 is 0.897 bits per heavy atom. The average molecular weight is 461 g/mol. The van der Waals surface area contributed by atoms with Crippen molar-refractivity contribution in [1.29, 1.82) is 0 Å². The fraction of sp³-hybridized carbons (Fsp3) is 0.188. The number of amides is 2. The summed E-state index contributed by atoms with van der Waals surface area (Å²) in [4.78, 5) is 11.6. The number of halogens is 7. The zero-order chi connectivity index (χ0) is 22.0. The highest BCUT2D eigenvalue weighted by Crippen LogP contribution is 2.37. The molecule has 0 spiro atoms. The Morgan fingerprint density at radius 2 is 1.38 bits per heavy atom. The third-order valence-electron chi connectivity index (χ3n) is 3.44. The molecular weight excluding hydrogens is 450 g/mol. The van der Waals surface area contributed by atoms with E-state index in [-0.39, 0.29) is 16.0 Å². The van der Waals surface area contributed by atoms with Gasteiger partial charge in [0.15, 0.2) is 9.84 Å². The molecule has 0 fully saturated rings. The van der Waals surface area contributed by atoms with Gasteiger partial charge in [-0.2, -0.15) is 26.3 Å². The lowest BCUT2D eigenvalue weighted by Crippen LogP contribution is -2.33. The Hall–Kier alpha value is -2.47. The second-order valence-corrected chi connectivity index (χ2v) is 8.06. The average Bonchev–Trinajstić information content (AvgIpc) is 2.59. The van der Waals surface area contributed by atoms with Crippen molar-refractivity contribution in [3.05, 3.63) is 58.6 Å². The summed E-state index contributed by atoms with van der Waals surface area (Å²) in [6, 6.07) is 4.08. The molecule has 13 heteroatoms. The summed E-state index contributed by atoms with van der Waals surface area (Å²) >= 11 is 5.63. The zero-order valence-corrected chi connectivity index (χ0v) is 15.6. The Labute approximate surface area is 165 Å². The van der Waals surface area contributed by atoms with E-state index in [1.54, 1.807) is 5.32 Å². The van der Waals surface area contributed by atoms with Gasteiger partial charge in [-0.15, -0.1) is 0 Å². The van der Waals surface area contributed by atoms with E-state index in [9.17, 15) is 39.6 Å². The molecule has 158 valence electrons. The smallest absolute Gasteiger partial charge is 0.323 e. The van der Waals surface area contributed by atoms with Gasteiger partial charge in [0.1, 0.15) is 5.88 Å². The molecule has 0 aromatic heterocycles. The molecule has 0 saturated carbocycles. The van der Waals surface area contributed by atoms with Gasteiger partial charge in [0.05, 0.1) is 16.0 Å². The van der Waals surface area contributed by atoms with Crippen LogP contribution in [0, 0.1) is 0 Å². The predicted octanol–water partition coefficient (Wildman–Crippen LogP) is 4.93. The van der Waals surface area contributed by atoms with Crippen LogP contribution in [0.5, 0.6) is 0 Å². The van der Waals surface area contributed by atoms with Crippen molar-refractivity contribution in [1.82, 2.24) is 5.32 Å². The van der Waals surface area contributed by atoms with E-state index in [1.165, 1.54) is 24.3 Å². The molecule has 0 bridgehead atoms. The molecule has 0 heterocycles. The molecule has 0 aliphatic rings. The minimum atomic E-state index is -5.09. The number of anilines is 1. The van der Waals surface area contributed by atoms with Crippen LogP contribution in [0.3, 0.4) is 0 Å². The van der Waals surface area contributed by atoms with E-state index in [0.717, 1.165) is 0 Å². The zero-order valence-electron chi connectivity index (χ0n) is 14.0. The van der Waals surface area contributed by atoms with Crippen LogP contribution in [0.25, 0.3) is 0 Å². The molecule has 2 aromatic carbocycles. The number of sulfone groups is 1. The van der Waals surface area contributed by atoms with E-state index in [2.05, 4.69) is 0 Å². The summed E-state index contributed by atoms with van der Waals surface area (Å²) in [6.45, 7) is 0. The van der Waals surface area contributed by atoms with Gasteiger partial charge in [-0.3, -0.25) is 0 Å². The maximum atomic E-state index is 12.8. The van der Waals surface area contributed by atoms with E-state index < -0.39 is 50.9 Å². The van der Waals surface area contributed by atoms with Gasteiger partial charge in [-0.25, -0.2) is 13.2 Å². The Bertz CT molecular complexity index is 973. The van der Waals surface area contributed by atoms with Crippen molar-refractivity contribution in [2.45, 2.75) is 17.2 Å². The molecule has 0 aliphatic carbocycles. The van der Waals surface area contributed by atoms with Gasteiger partial charge in [0.25, 0.3) is 0 Å². The SMILES string of the molecule is O=C(NCS(=O)(=O)c1ccc(Cl)cc1)Nc1cc(C(F)(F)F)cc(C(F)(F)F)c1. The summed E-state index contributed by atoms with van der Waals surface area (Å²) in [7, 11) is -4.02. The first kappa shape index (κ1) is 22.8. The van der Waals surface area contributed by atoms with Crippen molar-refractivity contribution in [3.8, 4) is 0 Å². The molecule has 2 rings (SSSR count). The molecule has 0 radical (unpaired) electrons. The maximum Gasteiger partial charge on any atom is 0.416 e. The summed E-state index contributed by atoms with van der Waals surface area (Å²) in [5, 5.41) is 3.90. The lowest BCUT2D eigenvalue weighted by molar-refractivity contribution is -0.143. The number of hydrogen-bond donors (Lipinski definition) is 2. The number of benzene rings is 2. The van der Waals surface area contributed by atoms with Crippen molar-refractivity contribution in [2.24, 2.45) is 0 Å². The number of rotatable bonds is 4. The maximum absolute atomic E-state index is 12.8. The van der Waals surface area contributed by atoms with Gasteiger partial charge in [0.2, 0.25) is 0 Å². The molecule has 2 amide bonds. The summed E-state index contributed by atoms with van der Waals surface area (Å²) in [5.74, 6) is -0.953. The van der Waals surface area contributed by atoms with Crippen LogP contribution < -0.4 is 10.6 Å². The fourth-order valence-corrected chi connectivity index (χ4v) is 3.25. The molecule has 2 aromatic rings. The van der Waals surface area contributed by atoms with Crippen molar-refractivity contribution in [3.63, 3.8) is 0 Å². The Balaban J connectivity index is 2.17. The topological polar surface area (TPSA) is 75.3 Å². The summed E-state index contributed by atoms with van der Waals surface area (Å²) in [6.07, 6.45) is -10.2. The fourth-order valence-electron chi connectivity index (χ4n) is 2.09. The summed E-state index contributed by atoms with van der Waals surface area (Å²) in [5.41, 5.74) is -4.07. The number of carbonyl (C=O) groups is 1. The van der Waals surface area contributed by atoms with Gasteiger partial charge in [-0.05, 0) is 42.5 Å². The third kappa shape index (κ3) is 6.26. The van der Waals surface area contributed by atoms with E-state index in [0.29, 0.717) is 12.1 Å². The largest absolute Gasteiger partial charge is 0.416 e. The highest BCUT2D eigenvalue weighted by molar-refractivity contribution is 7.91. The van der Waals surface area contributed by atoms with Gasteiger partial charge in [-0.1, -0.05) is 11.6 Å². The van der Waals surface area contributed by atoms with Crippen LogP contribution in [0.1, 0.15) is 11.1 Å². The Kier molecular flexibility index (Phi) is 6.38. The summed E-state index contributed by atoms with van der Waals surface area (Å²) < 4.78 is 101. The second kappa shape index (κ2) is 8.11. The highest BCUT2D eigenvalue weighted by atomic mass is 35.5. The lowest BCUT2D eigenvalue weighted by atomic mass is 10.1. The Morgan fingerprint density at radius 3 is 1.83 bits per heavy atom. The van der Waals surface area contributed by atoms with Crippen LogP contribution in [0.2, 0.25) is 5.02 Å². The number of carbonyl (C=O) groups excluding carboxylic acids is 1. The van der Waals surface area contributed by atoms with E-state index in [1.807, 2.05) is 5.32 Å². The minimum Gasteiger partial charge on any atom is -0.323 e. The monoisotopic (exact) mass is 460 g/mol. The molecule has 0 aliphatic heterocycles. The molecular formula is C16H11ClF6N2O3S. The van der Waals surface area contributed by atoms with E-state index >= 15 is 0 Å². The second-order valence-electron chi connectivity index (χ2n) is 5.64. The van der Waals surface area contributed by atoms with Crippen LogP contribution in [0.4, 0.5) is 36.8 Å². The molecule has 5 nitrogen and oxygen atoms in total. The third-order valence-corrected chi connectivity index (χ3v) is 5.21. The van der Waals surface area contributed by atoms with Gasteiger partial charge < -0.3 is 10.6 Å². The number of hydrogen-bond acceptors (Lipinski definition) is 3. The van der Waals surface area contributed by atoms with E-state index in [4.69, 9.17) is 11.6 Å². The van der Waals surface area contributed by atoms with Crippen molar-refractivity contribution >= 4 is 33.2 Å². The molecule has 0 unspecified atom stereocenters. The van der Waals surface area contributed by atoms with Crippen LogP contribution in [-0.2, 0) is 22.2 Å². The number of urea groups is 1. The van der Waals surface area contributed by atoms with Crippen molar-refractivity contribution in [2.75, 3.05) is 11.2 Å². The first-order valence-corrected chi connectivity index (χ1v) is 9.54. The lowest BCUT2D eigenvalue weighted by Gasteiger charge is -2.15. The predicted molar refractivity (Wildman–Crippen MR) is 92.1 cm³/mol. The van der Waals surface area contributed by atoms with Gasteiger partial charge in [0, 0.05) is 10.7 Å². The van der Waals surface area contributed by atoms with Crippen LogP contribution in [-0.4, -0.2) is 20.3 Å². The normalized spacial score (nSPS) is 12.5. The standard InChI is InChI=1S/C16H11ClF6N2O3S/c17-11-1-3-13(4-2-11)29(27,28)8-24-14(26)25-12-6-9(15(18,19)20)5-10(7-12)16(21,22)23/h1-7H,8H2,(H2,24,25,26). The highest BCUT2D eigenvalue weighted by Gasteiger charge is 2.37. The van der Waals surface area contributed by atoms with Crippen LogP contribution >= 0.6 is 11.6 Å². The first-order valence-electron chi connectivity index (χ1n) is 7.51. The molecule has 2 N–H and O–H groups in total. The molecule has 0 atom stereocenters. The van der Waals surface area contributed by atoms with Crippen molar-refractivity contribution < 1.29 is 39.6 Å². The minimum absolute atomic E-state index is 0.103.